The zero-order chi connectivity index (χ0) is 101. The summed E-state index contributed by atoms with van der Waals surface area (Å²) in [5.41, 5.74) is 10.0. The summed E-state index contributed by atoms with van der Waals surface area (Å²) in [7, 11) is 0. The number of aryl methyl sites for hydroxylation is 3. The first-order valence-electron chi connectivity index (χ1n) is 48.7. The number of amides is 7. The van der Waals surface area contributed by atoms with Crippen LogP contribution in [0.15, 0.2) is 88.9 Å². The summed E-state index contributed by atoms with van der Waals surface area (Å²) in [6.45, 7) is 41.0. The van der Waals surface area contributed by atoms with E-state index in [9.17, 15) is 67.7 Å². The van der Waals surface area contributed by atoms with Gasteiger partial charge in [-0.2, -0.15) is 0 Å². The van der Waals surface area contributed by atoms with Crippen molar-refractivity contribution < 1.29 is 77.5 Å². The highest BCUT2D eigenvalue weighted by atomic mass is 32.1. The molecular formula is C101H142N20O17S2. The largest absolute Gasteiger partial charge is 0.480 e. The molecule has 1 aliphatic carbocycles. The molecule has 7 N–H and O–H groups in total. The number of aromatic nitrogens is 6. The lowest BCUT2D eigenvalue weighted by atomic mass is 9.85. The maximum atomic E-state index is 14.2. The second kappa shape index (κ2) is 47.7. The maximum Gasteiger partial charge on any atom is 0.320 e. The Morgan fingerprint density at radius 3 is 1.29 bits per heavy atom. The number of likely N-dealkylation sites (tertiary alicyclic amines) is 2. The minimum absolute atomic E-state index is 0.00478. The Bertz CT molecular complexity index is 5550. The first-order chi connectivity index (χ1) is 66.2. The number of carboxylic acid groups (broad SMARTS) is 1. The molecule has 0 unspecified atom stereocenters. The minimum atomic E-state index is -0.931. The van der Waals surface area contributed by atoms with Crippen LogP contribution in [0.1, 0.15) is 185 Å². The smallest absolute Gasteiger partial charge is 0.320 e. The summed E-state index contributed by atoms with van der Waals surface area (Å²) in [4.78, 5) is 200. The molecule has 2 aromatic carbocycles. The highest BCUT2D eigenvalue weighted by molar-refractivity contribution is 7.13. The van der Waals surface area contributed by atoms with E-state index < -0.39 is 76.2 Å². The zero-order valence-electron chi connectivity index (χ0n) is 84.0. The van der Waals surface area contributed by atoms with Gasteiger partial charge in [0.05, 0.1) is 108 Å². The van der Waals surface area contributed by atoms with E-state index in [0.29, 0.717) is 128 Å². The number of β-amino-alcohol motifs (C(OH)–C–C–N with tert-alkyl or cyclic N) is 2. The Kier molecular flexibility index (Phi) is 36.7. The number of carboxylic acids is 1. The molecule has 39 heteroatoms. The van der Waals surface area contributed by atoms with Gasteiger partial charge in [0.25, 0.3) is 5.56 Å². The van der Waals surface area contributed by atoms with Gasteiger partial charge < -0.3 is 65.7 Å². The van der Waals surface area contributed by atoms with E-state index >= 15 is 0 Å². The molecule has 6 saturated heterocycles. The number of anilines is 1. The monoisotopic (exact) mass is 1970 g/mol. The highest BCUT2D eigenvalue weighted by Gasteiger charge is 2.47. The predicted molar refractivity (Wildman–Crippen MR) is 533 cm³/mol. The second-order valence-corrected chi connectivity index (χ2v) is 43.6. The number of pyridine rings is 2. The summed E-state index contributed by atoms with van der Waals surface area (Å²) < 4.78 is 12.4. The summed E-state index contributed by atoms with van der Waals surface area (Å²) in [6, 6.07) is 16.2. The number of aliphatic hydroxyl groups excluding tert-OH is 2. The fourth-order valence-corrected chi connectivity index (χ4v) is 20.4. The number of piperazine rings is 4. The Morgan fingerprint density at radius 2 is 0.914 bits per heavy atom. The lowest BCUT2D eigenvalue weighted by Gasteiger charge is -2.39. The van der Waals surface area contributed by atoms with Gasteiger partial charge in [-0.3, -0.25) is 96.5 Å². The lowest BCUT2D eigenvalue weighted by molar-refractivity contribution is -0.157. The van der Waals surface area contributed by atoms with E-state index in [2.05, 4.69) is 46.0 Å². The number of ketones is 1. The Morgan fingerprint density at radius 1 is 0.500 bits per heavy atom. The zero-order valence-corrected chi connectivity index (χ0v) is 85.6. The van der Waals surface area contributed by atoms with Crippen LogP contribution in [0.4, 0.5) is 5.69 Å². The standard InChI is InChI=1S/C55H70N12O7S.C34H50N6O6S.C12H22N2O4/c1-34-43-29-57-45(60-51(43)67(40-9-7-8-10-40)53(73)48(34)36(3)68)25-39-15-16-41(28-56-39)64-21-23-65(24-22-64)47(71)32-63-19-17-62(18-20-63)31-46(70)61-50(55(4,5)6)54(74)66-30-42(69)26-44(66)52(72)58-27-37-11-13-38(14-12-37)49-35(2)59-33-75-49;1-22-29(47-21-36-22)24-10-8-23(9-11-24)17-35-31(44)26-16-25(41)18-40(26)32(45)30(33(2,3)4)37-27(42)19-38-12-14-39(15-13-38)20-28(43)46-34(5,6)7;1-12(2,3)18-11(17)9-14-6-4-13(5-7-14)8-10(15)16/h11-16,28-29,33,40,42,44,50,69H,7-10,17-27,30-32H2,1-6H3,(H,58,72)(H,61,70);8-11,21,25-26,30,41H,12-20H2,1-7H3,(H,35,44)(H,37,42);4-9H2,1-3H3,(H,15,16)/t42-,44+,50-;25-,26+,30-;/m11./s1. The maximum absolute atomic E-state index is 14.2. The van der Waals surface area contributed by atoms with Gasteiger partial charge in [-0.25, -0.2) is 19.9 Å². The molecule has 7 amide bonds. The number of aliphatic carboxylic acids is 1. The van der Waals surface area contributed by atoms with Gasteiger partial charge in [-0.15, -0.1) is 22.7 Å². The predicted octanol–water partition coefficient (Wildman–Crippen LogP) is 6.13. The van der Waals surface area contributed by atoms with Crippen LogP contribution in [0.3, 0.4) is 0 Å². The molecule has 7 fully saturated rings. The van der Waals surface area contributed by atoms with Crippen molar-refractivity contribution >= 4 is 104 Å². The molecule has 0 bridgehead atoms. The highest BCUT2D eigenvalue weighted by Crippen LogP contribution is 2.35. The topological polar surface area (TPSA) is 434 Å². The molecule has 7 aliphatic rings. The molecule has 6 atom stereocenters. The number of Topliss-reactive ketones (excluding diaryl/α,β-unsaturated/α-hetero) is 1. The van der Waals surface area contributed by atoms with Crippen molar-refractivity contribution in [3.63, 3.8) is 0 Å². The molecule has 5 aromatic heterocycles. The quantitative estimate of drug-likeness (QED) is 0.0205. The van der Waals surface area contributed by atoms with E-state index in [1.807, 2.05) is 204 Å². The number of aliphatic hydroxyl groups is 2. The van der Waals surface area contributed by atoms with Crippen LogP contribution in [0, 0.1) is 31.6 Å². The molecule has 0 radical (unpaired) electrons. The van der Waals surface area contributed by atoms with E-state index in [4.69, 9.17) is 24.5 Å². The first kappa shape index (κ1) is 108. The van der Waals surface area contributed by atoms with Gasteiger partial charge in [0.1, 0.15) is 46.8 Å². The number of rotatable bonds is 29. The van der Waals surface area contributed by atoms with Crippen LogP contribution in [0.25, 0.3) is 31.9 Å². The van der Waals surface area contributed by atoms with Crippen molar-refractivity contribution in [2.24, 2.45) is 10.8 Å². The van der Waals surface area contributed by atoms with Gasteiger partial charge in [0, 0.05) is 167 Å². The molecule has 0 spiro atoms. The Hall–Kier alpha value is -11.0. The van der Waals surface area contributed by atoms with Crippen LogP contribution in [0.2, 0.25) is 0 Å². The van der Waals surface area contributed by atoms with Crippen molar-refractivity contribution in [3.8, 4) is 20.9 Å². The number of hydrogen-bond donors (Lipinski definition) is 7. The van der Waals surface area contributed by atoms with Crippen LogP contribution >= 0.6 is 22.7 Å². The van der Waals surface area contributed by atoms with Crippen molar-refractivity contribution in [3.05, 3.63) is 140 Å². The van der Waals surface area contributed by atoms with Crippen molar-refractivity contribution in [2.75, 3.05) is 162 Å². The number of ether oxygens (including phenoxy) is 2. The number of nitrogens with one attached hydrogen (secondary N) is 4. The Balaban J connectivity index is 0.000000228. The molecule has 140 heavy (non-hydrogen) atoms. The van der Waals surface area contributed by atoms with E-state index in [1.54, 1.807) is 40.4 Å². The summed E-state index contributed by atoms with van der Waals surface area (Å²) in [5, 5.41) is 42.4. The van der Waals surface area contributed by atoms with Crippen molar-refractivity contribution in [1.29, 1.82) is 0 Å². The van der Waals surface area contributed by atoms with Gasteiger partial charge >= 0.3 is 17.9 Å². The number of esters is 2. The summed E-state index contributed by atoms with van der Waals surface area (Å²) in [5.74, 6) is -3.04. The second-order valence-electron chi connectivity index (χ2n) is 41.9. The number of nitrogens with zero attached hydrogens (tertiary/aromatic N) is 16. The average molecular weight is 1970 g/mol. The van der Waals surface area contributed by atoms with Gasteiger partial charge in [0.2, 0.25) is 41.4 Å². The molecule has 7 aromatic rings. The number of fused-ring (bicyclic) bond motifs is 1. The molecule has 760 valence electrons. The first-order valence-corrected chi connectivity index (χ1v) is 50.4. The number of carbonyl (C=O) groups excluding carboxylic acids is 10. The number of thiazole rings is 2. The normalized spacial score (nSPS) is 19.6. The van der Waals surface area contributed by atoms with Crippen LogP contribution in [-0.4, -0.2) is 359 Å². The van der Waals surface area contributed by atoms with E-state index in [0.717, 1.165) is 85.8 Å². The van der Waals surface area contributed by atoms with Crippen LogP contribution in [0.5, 0.6) is 0 Å². The third-order valence-electron chi connectivity index (χ3n) is 26.3. The third kappa shape index (κ3) is 30.1. The fraction of sp³-hybridized carbons (Fsp3) is 0.594. The average Bonchev–Trinajstić information content (AvgIpc) is 1.03. The molecule has 11 heterocycles. The fourth-order valence-electron chi connectivity index (χ4n) is 18.7. The third-order valence-corrected chi connectivity index (χ3v) is 28.2. The van der Waals surface area contributed by atoms with Crippen LogP contribution < -0.4 is 31.7 Å². The molecule has 6 aliphatic heterocycles. The lowest BCUT2D eigenvalue weighted by Crippen LogP contribution is -2.59. The molecule has 1 saturated carbocycles. The molecular weight excluding hydrogens is 1830 g/mol. The molecule has 37 nitrogen and oxygen atoms in total. The number of carbonyl (C=O) groups is 11. The van der Waals surface area contributed by atoms with E-state index in [-0.39, 0.29) is 143 Å². The van der Waals surface area contributed by atoms with Gasteiger partial charge in [0.15, 0.2) is 5.78 Å². The van der Waals surface area contributed by atoms with Crippen molar-refractivity contribution in [2.45, 2.75) is 222 Å². The SMILES string of the molecule is CC(=O)c1c(C)c2cnc(Cc3ccc(N4CCN(C(=O)CN5CCN(CC(=O)N[C@H](C(=O)N6C[C@H](O)C[C@H]6C(=O)NCc6ccc(-c7scnc7C)cc6)C(C)(C)C)CC5)CC4)cn3)nc2n(C2CCCC2)c1=O.CC(C)(C)OC(=O)CN1CCN(CC(=O)O)CC1.Cc1ncsc1-c1ccc(CNC(=O)[C@@H]2C[C@@H](O)CN2C(=O)[C@@H](NC(=O)CN2CCN(CC(=O)OC(C)(C)C)CC2)C(C)(C)C)cc1. The number of hydrogen-bond acceptors (Lipinski definition) is 30. The molecule has 14 rings (SSSR count). The minimum Gasteiger partial charge on any atom is -0.480 e. The van der Waals surface area contributed by atoms with Gasteiger partial charge in [-0.05, 0) is 133 Å². The van der Waals surface area contributed by atoms with Crippen molar-refractivity contribution in [1.82, 2.24) is 94.9 Å². The Labute approximate surface area is 827 Å². The number of benzene rings is 2. The summed E-state index contributed by atoms with van der Waals surface area (Å²) in [6.07, 6.45) is 6.29. The van der Waals surface area contributed by atoms with Gasteiger partial charge in [-0.1, -0.05) is 103 Å². The van der Waals surface area contributed by atoms with E-state index in [1.165, 1.54) is 16.7 Å². The van der Waals surface area contributed by atoms with Crippen LogP contribution in [-0.2, 0) is 76.9 Å². The summed E-state index contributed by atoms with van der Waals surface area (Å²) >= 11 is 3.15.